The van der Waals surface area contributed by atoms with E-state index in [1.807, 2.05) is 37.6 Å². The van der Waals surface area contributed by atoms with Gasteiger partial charge in [0.2, 0.25) is 0 Å². The Kier molecular flexibility index (Phi) is 3.55. The van der Waals surface area contributed by atoms with E-state index >= 15 is 0 Å². The highest BCUT2D eigenvalue weighted by Crippen LogP contribution is 2.25. The predicted molar refractivity (Wildman–Crippen MR) is 94.2 cm³/mol. The van der Waals surface area contributed by atoms with Crippen LogP contribution in [0.3, 0.4) is 0 Å². The molecular weight excluding hydrogens is 318 g/mol. The molecule has 4 N–H and O–H groups in total. The monoisotopic (exact) mass is 335 g/mol. The second-order valence-electron chi connectivity index (χ2n) is 5.69. The van der Waals surface area contributed by atoms with Crippen molar-refractivity contribution in [2.45, 2.75) is 6.54 Å². The van der Waals surface area contributed by atoms with Gasteiger partial charge in [0.1, 0.15) is 0 Å². The van der Waals surface area contributed by atoms with Gasteiger partial charge >= 0.3 is 0 Å². The molecule has 0 radical (unpaired) electrons. The number of rotatable bonds is 4. The van der Waals surface area contributed by atoms with E-state index < -0.39 is 0 Å². The quantitative estimate of drug-likeness (QED) is 0.422. The maximum absolute atomic E-state index is 6.21. The average molecular weight is 335 g/mol. The molecule has 0 aromatic carbocycles. The number of aryl methyl sites for hydroxylation is 1. The van der Waals surface area contributed by atoms with Crippen LogP contribution in [0, 0.1) is 0 Å². The average Bonchev–Trinajstić information content (AvgIpc) is 3.23. The van der Waals surface area contributed by atoms with Gasteiger partial charge in [-0.25, -0.2) is 20.3 Å². The minimum Gasteiger partial charge on any atom is -0.396 e. The molecule has 0 fully saturated rings. The van der Waals surface area contributed by atoms with Gasteiger partial charge in [0, 0.05) is 31.1 Å². The van der Waals surface area contributed by atoms with E-state index in [0.717, 1.165) is 22.6 Å². The number of pyridine rings is 1. The van der Waals surface area contributed by atoms with Crippen molar-refractivity contribution in [2.24, 2.45) is 12.9 Å². The SMILES string of the molecule is Cn1cc(-c2ccc(N)c(N(N)Cc3ccn4nccc4n3)n2)cn1. The zero-order valence-corrected chi connectivity index (χ0v) is 13.6. The van der Waals surface area contributed by atoms with Crippen molar-refractivity contribution in [1.82, 2.24) is 29.4 Å². The molecule has 9 heteroatoms. The van der Waals surface area contributed by atoms with Gasteiger partial charge in [0.25, 0.3) is 0 Å². The molecule has 0 aliphatic rings. The van der Waals surface area contributed by atoms with Crippen molar-refractivity contribution >= 4 is 17.2 Å². The van der Waals surface area contributed by atoms with Crippen molar-refractivity contribution < 1.29 is 0 Å². The lowest BCUT2D eigenvalue weighted by Crippen LogP contribution is -2.32. The minimum absolute atomic E-state index is 0.370. The Balaban J connectivity index is 1.63. The molecule has 0 saturated carbocycles. The Morgan fingerprint density at radius 2 is 2.00 bits per heavy atom. The van der Waals surface area contributed by atoms with Gasteiger partial charge in [-0.1, -0.05) is 0 Å². The van der Waals surface area contributed by atoms with Crippen LogP contribution in [-0.2, 0) is 13.6 Å². The van der Waals surface area contributed by atoms with E-state index in [1.54, 1.807) is 27.7 Å². The molecule has 4 aromatic heterocycles. The number of hydrogen-bond donors (Lipinski definition) is 2. The molecule has 0 unspecified atom stereocenters. The third-order valence-electron chi connectivity index (χ3n) is 3.83. The van der Waals surface area contributed by atoms with Crippen LogP contribution in [0.1, 0.15) is 5.69 Å². The zero-order chi connectivity index (χ0) is 17.4. The highest BCUT2D eigenvalue weighted by Gasteiger charge is 2.12. The molecule has 0 spiro atoms. The van der Waals surface area contributed by atoms with Crippen LogP contribution in [-0.4, -0.2) is 29.4 Å². The first-order valence-corrected chi connectivity index (χ1v) is 7.67. The summed E-state index contributed by atoms with van der Waals surface area (Å²) in [6.45, 7) is 0.370. The molecule has 0 saturated heterocycles. The third kappa shape index (κ3) is 2.88. The summed E-state index contributed by atoms with van der Waals surface area (Å²) in [5.41, 5.74) is 9.77. The second kappa shape index (κ2) is 5.87. The third-order valence-corrected chi connectivity index (χ3v) is 3.83. The normalized spacial score (nSPS) is 11.1. The van der Waals surface area contributed by atoms with E-state index in [2.05, 4.69) is 20.2 Å². The molecule has 25 heavy (non-hydrogen) atoms. The molecule has 0 atom stereocenters. The van der Waals surface area contributed by atoms with Crippen molar-refractivity contribution in [3.05, 3.63) is 54.7 Å². The van der Waals surface area contributed by atoms with Crippen LogP contribution in [0.25, 0.3) is 16.9 Å². The Labute approximate surface area is 143 Å². The van der Waals surface area contributed by atoms with Gasteiger partial charge < -0.3 is 5.73 Å². The van der Waals surface area contributed by atoms with Gasteiger partial charge in [0.15, 0.2) is 11.5 Å². The largest absolute Gasteiger partial charge is 0.396 e. The molecular formula is C16H17N9. The van der Waals surface area contributed by atoms with Gasteiger partial charge in [-0.2, -0.15) is 10.2 Å². The zero-order valence-electron chi connectivity index (χ0n) is 13.6. The first-order valence-electron chi connectivity index (χ1n) is 7.67. The van der Waals surface area contributed by atoms with Crippen LogP contribution in [0.2, 0.25) is 0 Å². The van der Waals surface area contributed by atoms with E-state index in [9.17, 15) is 0 Å². The van der Waals surface area contributed by atoms with Crippen molar-refractivity contribution in [1.29, 1.82) is 0 Å². The van der Waals surface area contributed by atoms with Crippen LogP contribution in [0.4, 0.5) is 11.5 Å². The number of hydrazine groups is 1. The predicted octanol–water partition coefficient (Wildman–Crippen LogP) is 0.987. The highest BCUT2D eigenvalue weighted by atomic mass is 15.4. The molecule has 0 amide bonds. The Hall–Kier alpha value is -3.46. The summed E-state index contributed by atoms with van der Waals surface area (Å²) in [7, 11) is 1.86. The number of fused-ring (bicyclic) bond motifs is 1. The van der Waals surface area contributed by atoms with E-state index in [1.165, 1.54) is 5.01 Å². The van der Waals surface area contributed by atoms with Crippen molar-refractivity contribution in [3.8, 4) is 11.3 Å². The molecule has 0 bridgehead atoms. The topological polar surface area (TPSA) is 116 Å². The standard InChI is InChI=1S/C16H17N9/c1-23-9-11(8-20-23)14-3-2-13(17)16(22-14)24(18)10-12-5-7-25-15(21-12)4-6-19-25/h2-9H,10,17-18H2,1H3. The molecule has 4 heterocycles. The number of nitrogen functional groups attached to an aromatic ring is 1. The van der Waals surface area contributed by atoms with Gasteiger partial charge in [-0.15, -0.1) is 0 Å². The highest BCUT2D eigenvalue weighted by molar-refractivity contribution is 5.69. The summed E-state index contributed by atoms with van der Waals surface area (Å²) in [6, 6.07) is 7.33. The fraction of sp³-hybridized carbons (Fsp3) is 0.125. The Morgan fingerprint density at radius 1 is 1.12 bits per heavy atom. The van der Waals surface area contributed by atoms with Crippen LogP contribution >= 0.6 is 0 Å². The summed E-state index contributed by atoms with van der Waals surface area (Å²) in [4.78, 5) is 9.09. The molecule has 0 aliphatic heterocycles. The maximum atomic E-state index is 6.21. The lowest BCUT2D eigenvalue weighted by molar-refractivity contribution is 0.768. The summed E-state index contributed by atoms with van der Waals surface area (Å²) in [5, 5.41) is 9.78. The fourth-order valence-corrected chi connectivity index (χ4v) is 2.59. The number of aromatic nitrogens is 6. The molecule has 4 rings (SSSR count). The Bertz CT molecular complexity index is 1030. The summed E-state index contributed by atoms with van der Waals surface area (Å²) >= 11 is 0. The lowest BCUT2D eigenvalue weighted by Gasteiger charge is -2.19. The maximum Gasteiger partial charge on any atom is 0.166 e. The van der Waals surface area contributed by atoms with Crippen LogP contribution in [0.15, 0.2) is 49.1 Å². The van der Waals surface area contributed by atoms with E-state index in [4.69, 9.17) is 11.6 Å². The molecule has 9 nitrogen and oxygen atoms in total. The van der Waals surface area contributed by atoms with Crippen LogP contribution in [0.5, 0.6) is 0 Å². The number of nitrogens with zero attached hydrogens (tertiary/aromatic N) is 7. The smallest absolute Gasteiger partial charge is 0.166 e. The Morgan fingerprint density at radius 3 is 2.80 bits per heavy atom. The number of anilines is 2. The van der Waals surface area contributed by atoms with Crippen molar-refractivity contribution in [2.75, 3.05) is 10.7 Å². The van der Waals surface area contributed by atoms with E-state index in [-0.39, 0.29) is 0 Å². The molecule has 126 valence electrons. The van der Waals surface area contributed by atoms with Gasteiger partial charge in [0.05, 0.1) is 36.0 Å². The minimum atomic E-state index is 0.370. The van der Waals surface area contributed by atoms with Gasteiger partial charge in [-0.05, 0) is 18.2 Å². The molecule has 0 aliphatic carbocycles. The summed E-state index contributed by atoms with van der Waals surface area (Å²) < 4.78 is 3.41. The first-order chi connectivity index (χ1) is 12.1. The first kappa shape index (κ1) is 15.1. The van der Waals surface area contributed by atoms with Crippen LogP contribution < -0.4 is 16.6 Å². The fourth-order valence-electron chi connectivity index (χ4n) is 2.59. The number of nitrogens with two attached hydrogens (primary N) is 2. The second-order valence-corrected chi connectivity index (χ2v) is 5.69. The number of hydrogen-bond acceptors (Lipinski definition) is 7. The molecule has 4 aromatic rings. The summed E-state index contributed by atoms with van der Waals surface area (Å²) in [6.07, 6.45) is 7.17. The summed E-state index contributed by atoms with van der Waals surface area (Å²) in [5.74, 6) is 6.70. The van der Waals surface area contributed by atoms with E-state index in [0.29, 0.717) is 18.1 Å². The van der Waals surface area contributed by atoms with Gasteiger partial charge in [-0.3, -0.25) is 9.69 Å². The van der Waals surface area contributed by atoms with Crippen molar-refractivity contribution in [3.63, 3.8) is 0 Å². The lowest BCUT2D eigenvalue weighted by atomic mass is 10.2.